The maximum atomic E-state index is 12.6. The van der Waals surface area contributed by atoms with Crippen LogP contribution in [-0.2, 0) is 11.4 Å². The average molecular weight is 496 g/mol. The summed E-state index contributed by atoms with van der Waals surface area (Å²) in [4.78, 5) is 23.1. The minimum absolute atomic E-state index is 0.0120. The molecule has 0 fully saturated rings. The molecular weight excluding hydrogens is 477 g/mol. The van der Waals surface area contributed by atoms with Crippen LogP contribution in [0.25, 0.3) is 6.08 Å². The quantitative estimate of drug-likeness (QED) is 0.171. The number of nitrogens with one attached hydrogen (secondary N) is 1. The second-order valence-corrected chi connectivity index (χ2v) is 8.29. The van der Waals surface area contributed by atoms with Crippen molar-refractivity contribution in [2.45, 2.75) is 20.5 Å². The number of hydrogen-bond donors (Lipinski definition) is 1. The number of aryl methyl sites for hydroxylation is 2. The summed E-state index contributed by atoms with van der Waals surface area (Å²) in [6.07, 6.45) is 1.38. The van der Waals surface area contributed by atoms with Gasteiger partial charge in [-0.2, -0.15) is 5.26 Å². The Morgan fingerprint density at radius 2 is 1.85 bits per heavy atom. The van der Waals surface area contributed by atoms with Gasteiger partial charge in [0.15, 0.2) is 5.75 Å². The number of nitriles is 1. The number of carbonyl (C=O) groups excluding carboxylic acids is 1. The largest absolute Gasteiger partial charge is 0.486 e. The van der Waals surface area contributed by atoms with E-state index in [1.54, 1.807) is 18.2 Å². The molecule has 0 aliphatic heterocycles. The molecule has 0 saturated carbocycles. The van der Waals surface area contributed by atoms with Crippen LogP contribution < -0.4 is 10.1 Å². The van der Waals surface area contributed by atoms with Crippen molar-refractivity contribution in [3.05, 3.63) is 103 Å². The Morgan fingerprint density at radius 1 is 1.15 bits per heavy atom. The number of nitro groups is 1. The molecule has 0 heterocycles. The molecule has 34 heavy (non-hydrogen) atoms. The van der Waals surface area contributed by atoms with E-state index in [-0.39, 0.29) is 33.7 Å². The molecule has 1 N–H and O–H groups in total. The number of nitro benzene ring substituents is 1. The Hall–Kier alpha value is -3.86. The summed E-state index contributed by atoms with van der Waals surface area (Å²) < 4.78 is 5.67. The molecule has 0 unspecified atom stereocenters. The van der Waals surface area contributed by atoms with Crippen molar-refractivity contribution in [2.24, 2.45) is 0 Å². The van der Waals surface area contributed by atoms with Gasteiger partial charge in [-0.25, -0.2) is 0 Å². The van der Waals surface area contributed by atoms with Crippen LogP contribution in [0, 0.1) is 35.3 Å². The molecule has 3 aromatic rings. The highest BCUT2D eigenvalue weighted by molar-refractivity contribution is 6.37. The third-order valence-corrected chi connectivity index (χ3v) is 5.39. The lowest BCUT2D eigenvalue weighted by Gasteiger charge is -2.11. The number of rotatable bonds is 7. The van der Waals surface area contributed by atoms with E-state index in [4.69, 9.17) is 27.9 Å². The maximum Gasteiger partial charge on any atom is 0.269 e. The molecule has 0 spiro atoms. The second-order valence-electron chi connectivity index (χ2n) is 7.47. The number of anilines is 1. The molecule has 3 rings (SSSR count). The standard InChI is InChI=1S/C25H19Cl2N3O4/c1-15-6-7-23(16(2)8-15)29-25(31)19(13-28)9-18-11-21(26)24(22(27)12-18)34-14-17-4-3-5-20(10-17)30(32)33/h3-12H,14H2,1-2H3,(H,29,31)/b19-9+. The smallest absolute Gasteiger partial charge is 0.269 e. The monoisotopic (exact) mass is 495 g/mol. The summed E-state index contributed by atoms with van der Waals surface area (Å²) >= 11 is 12.6. The summed E-state index contributed by atoms with van der Waals surface area (Å²) in [6, 6.07) is 16.5. The van der Waals surface area contributed by atoms with Crippen molar-refractivity contribution in [2.75, 3.05) is 5.32 Å². The predicted molar refractivity (Wildman–Crippen MR) is 132 cm³/mol. The zero-order chi connectivity index (χ0) is 24.8. The van der Waals surface area contributed by atoms with Crippen molar-refractivity contribution in [1.82, 2.24) is 0 Å². The van der Waals surface area contributed by atoms with Gasteiger partial charge in [0.25, 0.3) is 11.6 Å². The van der Waals surface area contributed by atoms with Crippen LogP contribution >= 0.6 is 23.2 Å². The van der Waals surface area contributed by atoms with Crippen molar-refractivity contribution in [3.8, 4) is 11.8 Å². The minimum atomic E-state index is -0.562. The lowest BCUT2D eigenvalue weighted by atomic mass is 10.1. The first-order chi connectivity index (χ1) is 16.2. The highest BCUT2D eigenvalue weighted by atomic mass is 35.5. The van der Waals surface area contributed by atoms with Crippen LogP contribution in [0.15, 0.2) is 60.2 Å². The van der Waals surface area contributed by atoms with Gasteiger partial charge >= 0.3 is 0 Å². The van der Waals surface area contributed by atoms with Gasteiger partial charge in [0, 0.05) is 17.8 Å². The molecule has 3 aromatic carbocycles. The van der Waals surface area contributed by atoms with Crippen LogP contribution in [0.1, 0.15) is 22.3 Å². The van der Waals surface area contributed by atoms with Crippen LogP contribution in [0.5, 0.6) is 5.75 Å². The van der Waals surface area contributed by atoms with Crippen molar-refractivity contribution >= 4 is 46.6 Å². The van der Waals surface area contributed by atoms with E-state index in [2.05, 4.69) is 5.32 Å². The Balaban J connectivity index is 1.78. The van der Waals surface area contributed by atoms with Crippen LogP contribution in [-0.4, -0.2) is 10.8 Å². The molecule has 9 heteroatoms. The zero-order valence-corrected chi connectivity index (χ0v) is 19.8. The van der Waals surface area contributed by atoms with E-state index in [0.29, 0.717) is 16.8 Å². The lowest BCUT2D eigenvalue weighted by molar-refractivity contribution is -0.384. The third-order valence-electron chi connectivity index (χ3n) is 4.83. The van der Waals surface area contributed by atoms with E-state index in [0.717, 1.165) is 11.1 Å². The van der Waals surface area contributed by atoms with Crippen molar-refractivity contribution in [1.29, 1.82) is 5.26 Å². The Bertz CT molecular complexity index is 1320. The van der Waals surface area contributed by atoms with Gasteiger partial charge in [0.05, 0.1) is 15.0 Å². The number of hydrogen-bond acceptors (Lipinski definition) is 5. The van der Waals surface area contributed by atoms with Crippen LogP contribution in [0.3, 0.4) is 0 Å². The molecule has 0 aliphatic carbocycles. The van der Waals surface area contributed by atoms with Gasteiger partial charge in [-0.15, -0.1) is 0 Å². The third kappa shape index (κ3) is 6.13. The molecular formula is C25H19Cl2N3O4. The van der Waals surface area contributed by atoms with Crippen LogP contribution in [0.2, 0.25) is 10.0 Å². The molecule has 1 amide bonds. The first-order valence-corrected chi connectivity index (χ1v) is 10.8. The van der Waals surface area contributed by atoms with E-state index in [1.165, 1.54) is 30.3 Å². The zero-order valence-electron chi connectivity index (χ0n) is 18.3. The van der Waals surface area contributed by atoms with E-state index in [9.17, 15) is 20.2 Å². The molecule has 0 aromatic heterocycles. The number of nitrogens with zero attached hydrogens (tertiary/aromatic N) is 2. The number of benzene rings is 3. The summed E-state index contributed by atoms with van der Waals surface area (Å²) in [6.45, 7) is 3.83. The van der Waals surface area contributed by atoms with Gasteiger partial charge in [0.2, 0.25) is 0 Å². The summed E-state index contributed by atoms with van der Waals surface area (Å²) in [5.74, 6) is -0.377. The Morgan fingerprint density at radius 3 is 2.47 bits per heavy atom. The molecule has 0 bridgehead atoms. The minimum Gasteiger partial charge on any atom is -0.486 e. The van der Waals surface area contributed by atoms with Gasteiger partial charge < -0.3 is 10.1 Å². The lowest BCUT2D eigenvalue weighted by Crippen LogP contribution is -2.14. The molecule has 0 radical (unpaired) electrons. The number of ether oxygens (including phenoxy) is 1. The van der Waals surface area contributed by atoms with Gasteiger partial charge in [0.1, 0.15) is 18.2 Å². The van der Waals surface area contributed by atoms with Crippen LogP contribution in [0.4, 0.5) is 11.4 Å². The second kappa shape index (κ2) is 10.8. The fourth-order valence-electron chi connectivity index (χ4n) is 3.17. The summed E-state index contributed by atoms with van der Waals surface area (Å²) in [7, 11) is 0. The predicted octanol–water partition coefficient (Wildman–Crippen LogP) is 6.64. The van der Waals surface area contributed by atoms with Gasteiger partial charge in [-0.05, 0) is 54.8 Å². The van der Waals surface area contributed by atoms with E-state index < -0.39 is 10.8 Å². The highest BCUT2D eigenvalue weighted by Gasteiger charge is 2.14. The number of non-ortho nitro benzene ring substituents is 1. The van der Waals surface area contributed by atoms with E-state index in [1.807, 2.05) is 32.0 Å². The summed E-state index contributed by atoms with van der Waals surface area (Å²) in [5.41, 5.74) is 3.37. The van der Waals surface area contributed by atoms with Crippen molar-refractivity contribution in [3.63, 3.8) is 0 Å². The van der Waals surface area contributed by atoms with Gasteiger partial charge in [-0.3, -0.25) is 14.9 Å². The maximum absolute atomic E-state index is 12.6. The molecule has 0 aliphatic rings. The first kappa shape index (κ1) is 24.8. The summed E-state index contributed by atoms with van der Waals surface area (Å²) in [5, 5.41) is 23.5. The van der Waals surface area contributed by atoms with E-state index >= 15 is 0 Å². The Labute approximate surface area is 206 Å². The molecule has 0 atom stereocenters. The highest BCUT2D eigenvalue weighted by Crippen LogP contribution is 2.35. The number of amides is 1. The van der Waals surface area contributed by atoms with Crippen molar-refractivity contribution < 1.29 is 14.5 Å². The SMILES string of the molecule is Cc1ccc(NC(=O)/C(C#N)=C/c2cc(Cl)c(OCc3cccc([N+](=O)[O-])c3)c(Cl)c2)c(C)c1. The molecule has 172 valence electrons. The molecule has 0 saturated heterocycles. The topological polar surface area (TPSA) is 105 Å². The number of carbonyl (C=O) groups is 1. The fraction of sp³-hybridized carbons (Fsp3) is 0.120. The average Bonchev–Trinajstić information content (AvgIpc) is 2.78. The molecule has 7 nitrogen and oxygen atoms in total. The van der Waals surface area contributed by atoms with Gasteiger partial charge in [-0.1, -0.05) is 53.0 Å². The normalized spacial score (nSPS) is 11.0. The Kier molecular flexibility index (Phi) is 7.90. The first-order valence-electron chi connectivity index (χ1n) is 10.0. The number of halogens is 2. The fourth-order valence-corrected chi connectivity index (χ4v) is 3.79.